The Bertz CT molecular complexity index is 566. The summed E-state index contributed by atoms with van der Waals surface area (Å²) in [5.74, 6) is 0.905. The summed E-state index contributed by atoms with van der Waals surface area (Å²) in [4.78, 5) is 17.5. The Morgan fingerprint density at radius 1 is 1.25 bits per heavy atom. The average molecular weight is 326 g/mol. The lowest BCUT2D eigenvalue weighted by Crippen LogP contribution is -2.42. The van der Waals surface area contributed by atoms with E-state index in [0.29, 0.717) is 5.92 Å². The molecule has 1 aromatic carbocycles. The van der Waals surface area contributed by atoms with E-state index in [1.165, 1.54) is 24.9 Å². The van der Waals surface area contributed by atoms with Gasteiger partial charge in [-0.2, -0.15) is 0 Å². The molecule has 130 valence electrons. The fraction of sp³-hybridized carbons (Fsp3) is 0.571. The minimum absolute atomic E-state index is 0.289. The SMILES string of the molecule is CN1CCC[C@H](CN(CCc2ccccc2)C(=O)C2=CCCC2)C1. The Labute approximate surface area is 146 Å². The van der Waals surface area contributed by atoms with E-state index in [9.17, 15) is 4.79 Å². The summed E-state index contributed by atoms with van der Waals surface area (Å²) >= 11 is 0. The highest BCUT2D eigenvalue weighted by molar-refractivity contribution is 5.93. The summed E-state index contributed by atoms with van der Waals surface area (Å²) in [5.41, 5.74) is 2.36. The summed E-state index contributed by atoms with van der Waals surface area (Å²) in [6.07, 6.45) is 8.78. The molecule has 1 aromatic rings. The molecule has 3 rings (SSSR count). The lowest BCUT2D eigenvalue weighted by atomic mass is 9.97. The third kappa shape index (κ3) is 4.70. The van der Waals surface area contributed by atoms with E-state index < -0.39 is 0 Å². The van der Waals surface area contributed by atoms with Gasteiger partial charge in [-0.05, 0) is 63.6 Å². The number of carbonyl (C=O) groups excluding carboxylic acids is 1. The van der Waals surface area contributed by atoms with Gasteiger partial charge >= 0.3 is 0 Å². The summed E-state index contributed by atoms with van der Waals surface area (Å²) in [6.45, 7) is 4.06. The molecule has 0 unspecified atom stereocenters. The highest BCUT2D eigenvalue weighted by Crippen LogP contribution is 2.22. The maximum atomic E-state index is 13.0. The molecule has 0 radical (unpaired) electrons. The number of allylic oxidation sites excluding steroid dienone is 1. The number of carbonyl (C=O) groups is 1. The van der Waals surface area contributed by atoms with Crippen LogP contribution in [-0.4, -0.2) is 48.9 Å². The van der Waals surface area contributed by atoms with Crippen molar-refractivity contribution in [3.8, 4) is 0 Å². The standard InChI is InChI=1S/C21H30N2O/c1-22-14-7-10-19(16-22)17-23(21(24)20-11-5-6-12-20)15-13-18-8-3-2-4-9-18/h2-4,8-9,11,19H,5-7,10,12-17H2,1H3/t19-/m0/s1. The molecule has 1 amide bonds. The number of nitrogens with zero attached hydrogens (tertiary/aromatic N) is 2. The van der Waals surface area contributed by atoms with Crippen LogP contribution in [0.5, 0.6) is 0 Å². The molecule has 0 saturated carbocycles. The number of rotatable bonds is 6. The zero-order chi connectivity index (χ0) is 16.8. The lowest BCUT2D eigenvalue weighted by molar-refractivity contribution is -0.128. The first-order chi connectivity index (χ1) is 11.7. The summed E-state index contributed by atoms with van der Waals surface area (Å²) in [7, 11) is 2.20. The largest absolute Gasteiger partial charge is 0.338 e. The van der Waals surface area contributed by atoms with Crippen molar-refractivity contribution in [2.75, 3.05) is 33.2 Å². The van der Waals surface area contributed by atoms with Crippen LogP contribution in [0.2, 0.25) is 0 Å². The minimum Gasteiger partial charge on any atom is -0.338 e. The first kappa shape index (κ1) is 17.2. The highest BCUT2D eigenvalue weighted by atomic mass is 16.2. The molecule has 1 fully saturated rings. The van der Waals surface area contributed by atoms with E-state index in [1.54, 1.807) is 0 Å². The molecule has 0 aromatic heterocycles. The zero-order valence-electron chi connectivity index (χ0n) is 14.9. The van der Waals surface area contributed by atoms with Gasteiger partial charge in [0.2, 0.25) is 5.91 Å². The van der Waals surface area contributed by atoms with Crippen molar-refractivity contribution in [3.05, 3.63) is 47.5 Å². The Balaban J connectivity index is 1.64. The molecule has 0 N–H and O–H groups in total. The van der Waals surface area contributed by atoms with Crippen LogP contribution in [0.25, 0.3) is 0 Å². The number of amides is 1. The Hall–Kier alpha value is -1.61. The van der Waals surface area contributed by atoms with Crippen molar-refractivity contribution >= 4 is 5.91 Å². The third-order valence-electron chi connectivity index (χ3n) is 5.32. The van der Waals surface area contributed by atoms with Gasteiger partial charge in [0.15, 0.2) is 0 Å². The van der Waals surface area contributed by atoms with Crippen molar-refractivity contribution in [1.82, 2.24) is 9.80 Å². The third-order valence-corrected chi connectivity index (χ3v) is 5.32. The van der Waals surface area contributed by atoms with Crippen LogP contribution < -0.4 is 0 Å². The monoisotopic (exact) mass is 326 g/mol. The summed E-state index contributed by atoms with van der Waals surface area (Å²) < 4.78 is 0. The quantitative estimate of drug-likeness (QED) is 0.799. The number of piperidine rings is 1. The Morgan fingerprint density at radius 3 is 2.79 bits per heavy atom. The minimum atomic E-state index is 0.289. The molecule has 1 atom stereocenters. The fourth-order valence-electron chi connectivity index (χ4n) is 3.99. The number of hydrogen-bond donors (Lipinski definition) is 0. The van der Waals surface area contributed by atoms with Crippen molar-refractivity contribution in [1.29, 1.82) is 0 Å². The van der Waals surface area contributed by atoms with E-state index in [4.69, 9.17) is 0 Å². The molecule has 0 spiro atoms. The molecule has 24 heavy (non-hydrogen) atoms. The molecule has 3 heteroatoms. The van der Waals surface area contributed by atoms with E-state index in [1.807, 2.05) is 6.07 Å². The van der Waals surface area contributed by atoms with Crippen LogP contribution in [0.3, 0.4) is 0 Å². The summed E-state index contributed by atoms with van der Waals surface area (Å²) in [5, 5.41) is 0. The molecule has 1 saturated heterocycles. The molecule has 1 aliphatic carbocycles. The topological polar surface area (TPSA) is 23.6 Å². The zero-order valence-corrected chi connectivity index (χ0v) is 14.9. The Kier molecular flexibility index (Phi) is 6.08. The van der Waals surface area contributed by atoms with Gasteiger partial charge in [-0.25, -0.2) is 0 Å². The second kappa shape index (κ2) is 8.48. The summed E-state index contributed by atoms with van der Waals surface area (Å²) in [6, 6.07) is 10.5. The van der Waals surface area contributed by atoms with Gasteiger partial charge in [0, 0.05) is 25.2 Å². The maximum absolute atomic E-state index is 13.0. The second-order valence-electron chi connectivity index (χ2n) is 7.38. The van der Waals surface area contributed by atoms with Gasteiger partial charge in [-0.15, -0.1) is 0 Å². The van der Waals surface area contributed by atoms with Gasteiger partial charge in [0.05, 0.1) is 0 Å². The van der Waals surface area contributed by atoms with E-state index in [2.05, 4.69) is 47.2 Å². The van der Waals surface area contributed by atoms with Crippen LogP contribution in [-0.2, 0) is 11.2 Å². The van der Waals surface area contributed by atoms with E-state index in [-0.39, 0.29) is 5.91 Å². The molecule has 0 bridgehead atoms. The molecule has 2 aliphatic rings. The number of benzene rings is 1. The van der Waals surface area contributed by atoms with Crippen LogP contribution in [0.15, 0.2) is 42.0 Å². The molecule has 1 heterocycles. The highest BCUT2D eigenvalue weighted by Gasteiger charge is 2.25. The predicted octanol–water partition coefficient (Wildman–Crippen LogP) is 3.51. The van der Waals surface area contributed by atoms with Gasteiger partial charge in [-0.3, -0.25) is 4.79 Å². The van der Waals surface area contributed by atoms with Gasteiger partial charge < -0.3 is 9.80 Å². The van der Waals surface area contributed by atoms with Gasteiger partial charge in [0.1, 0.15) is 0 Å². The smallest absolute Gasteiger partial charge is 0.249 e. The van der Waals surface area contributed by atoms with Crippen LogP contribution in [0.4, 0.5) is 0 Å². The van der Waals surface area contributed by atoms with Crippen LogP contribution in [0, 0.1) is 5.92 Å². The second-order valence-corrected chi connectivity index (χ2v) is 7.38. The maximum Gasteiger partial charge on any atom is 0.249 e. The van der Waals surface area contributed by atoms with Crippen molar-refractivity contribution in [2.24, 2.45) is 5.92 Å². The van der Waals surface area contributed by atoms with E-state index in [0.717, 1.165) is 50.9 Å². The lowest BCUT2D eigenvalue weighted by Gasteiger charge is -2.34. The Morgan fingerprint density at radius 2 is 2.08 bits per heavy atom. The van der Waals surface area contributed by atoms with Gasteiger partial charge in [-0.1, -0.05) is 36.4 Å². The fourth-order valence-corrected chi connectivity index (χ4v) is 3.99. The molecular weight excluding hydrogens is 296 g/mol. The normalized spacial score (nSPS) is 21.5. The first-order valence-corrected chi connectivity index (χ1v) is 9.43. The van der Waals surface area contributed by atoms with Crippen LogP contribution in [0.1, 0.15) is 37.7 Å². The van der Waals surface area contributed by atoms with Crippen molar-refractivity contribution in [2.45, 2.75) is 38.5 Å². The number of likely N-dealkylation sites (tertiary alicyclic amines) is 1. The van der Waals surface area contributed by atoms with E-state index >= 15 is 0 Å². The molecule has 3 nitrogen and oxygen atoms in total. The van der Waals surface area contributed by atoms with Crippen molar-refractivity contribution in [3.63, 3.8) is 0 Å². The first-order valence-electron chi connectivity index (χ1n) is 9.43. The average Bonchev–Trinajstić information content (AvgIpc) is 3.13. The predicted molar refractivity (Wildman–Crippen MR) is 98.9 cm³/mol. The molecule has 1 aliphatic heterocycles. The van der Waals surface area contributed by atoms with Crippen molar-refractivity contribution < 1.29 is 4.79 Å². The van der Waals surface area contributed by atoms with Crippen LogP contribution >= 0.6 is 0 Å². The number of hydrogen-bond acceptors (Lipinski definition) is 2. The molecular formula is C21H30N2O. The van der Waals surface area contributed by atoms with Gasteiger partial charge in [0.25, 0.3) is 0 Å².